The number of rotatable bonds is 12. The van der Waals surface area contributed by atoms with Gasteiger partial charge in [-0.1, -0.05) is 36.4 Å². The van der Waals surface area contributed by atoms with Gasteiger partial charge < -0.3 is 47.7 Å². The Morgan fingerprint density at radius 2 is 1.26 bits per heavy atom. The van der Waals surface area contributed by atoms with Gasteiger partial charge in [0.25, 0.3) is 17.4 Å². The van der Waals surface area contributed by atoms with E-state index in [2.05, 4.69) is 0 Å². The first-order chi connectivity index (χ1) is 29.6. The van der Waals surface area contributed by atoms with Crippen molar-refractivity contribution in [1.29, 1.82) is 0 Å². The van der Waals surface area contributed by atoms with Gasteiger partial charge in [-0.25, -0.2) is 4.79 Å². The molecule has 6 heterocycles. The van der Waals surface area contributed by atoms with Gasteiger partial charge in [0.15, 0.2) is 24.1 Å². The first kappa shape index (κ1) is 42.1. The molecular formula is C45H49N3O14. The number of hydrogen-bond acceptors (Lipinski definition) is 14. The molecule has 17 heteroatoms. The Kier molecular flexibility index (Phi) is 11.0. The number of hydrogen-bond donors (Lipinski definition) is 1. The van der Waals surface area contributed by atoms with E-state index >= 15 is 0 Å². The van der Waals surface area contributed by atoms with Crippen LogP contribution in [0, 0.1) is 0 Å². The zero-order chi connectivity index (χ0) is 43.7. The Hall–Kier alpha value is -5.24. The molecule has 5 aliphatic rings. The predicted molar refractivity (Wildman–Crippen MR) is 216 cm³/mol. The topological polar surface area (TPSA) is 185 Å². The van der Waals surface area contributed by atoms with Crippen LogP contribution < -0.4 is 20.7 Å². The highest BCUT2D eigenvalue weighted by Crippen LogP contribution is 2.47. The molecule has 62 heavy (non-hydrogen) atoms. The van der Waals surface area contributed by atoms with Gasteiger partial charge in [-0.2, -0.15) is 0 Å². The number of carbonyl (C=O) groups is 2. The van der Waals surface area contributed by atoms with E-state index in [1.807, 2.05) is 12.1 Å². The summed E-state index contributed by atoms with van der Waals surface area (Å²) in [5.41, 5.74) is 0.809. The van der Waals surface area contributed by atoms with Crippen molar-refractivity contribution in [3.8, 4) is 11.5 Å². The minimum absolute atomic E-state index is 0.0123. The van der Waals surface area contributed by atoms with Gasteiger partial charge in [0.2, 0.25) is 0 Å². The van der Waals surface area contributed by atoms with Gasteiger partial charge >= 0.3 is 5.69 Å². The molecule has 5 aliphatic heterocycles. The maximum atomic E-state index is 14.1. The van der Waals surface area contributed by atoms with Crippen molar-refractivity contribution in [1.82, 2.24) is 14.0 Å². The van der Waals surface area contributed by atoms with Crippen molar-refractivity contribution in [3.63, 3.8) is 0 Å². The number of aliphatic hydroxyl groups is 1. The second kappa shape index (κ2) is 16.1. The van der Waals surface area contributed by atoms with Crippen molar-refractivity contribution in [2.75, 3.05) is 14.2 Å². The molecule has 2 amide bonds. The number of nitrogens with zero attached hydrogens (tertiary/aromatic N) is 3. The van der Waals surface area contributed by atoms with Crippen LogP contribution in [0.3, 0.4) is 0 Å². The highest BCUT2D eigenvalue weighted by atomic mass is 16.8. The second-order valence-corrected chi connectivity index (χ2v) is 16.9. The SMILES string of the molecule is COc1ccc(COC2O[C@H](CC(O)[C@H]3O[C@@H](n4ccc(=O)n(Cc5ccc(OC)cc5)c4=O)[C@@H]4OC(C)(C)O[C@@H]43)[C@@H]3OC(C)(C)O[C@@H]3[C@H]2N2C(=O)c3ccccc3C2=O)cc1. The number of amides is 2. The standard InChI is InChI=1S/C45H49N3O14/c1-44(2)59-35-31(57-42(56-23-25-13-17-27(55-6)18-14-25)33(36(35)60-44)48-39(51)28-9-7-8-10-29(28)40(48)52)21-30(49)34-37-38(62-45(3,4)61-37)41(58-34)46-20-19-32(50)47(43(46)53)22-24-11-15-26(54-5)16-12-24/h7-20,30-31,33-38,41-42,49H,21-23H2,1-6H3/t30?,31-,33-,34-,35+,36-,37-,38-,41-,42?/m1/s1. The maximum absolute atomic E-state index is 14.1. The molecule has 9 rings (SSSR count). The molecular weight excluding hydrogens is 807 g/mol. The van der Waals surface area contributed by atoms with Crippen molar-refractivity contribution in [2.45, 2.75) is 120 Å². The van der Waals surface area contributed by atoms with Crippen LogP contribution in [0.1, 0.15) is 72.2 Å². The fourth-order valence-corrected chi connectivity index (χ4v) is 9.13. The highest BCUT2D eigenvalue weighted by Gasteiger charge is 2.62. The quantitative estimate of drug-likeness (QED) is 0.205. The summed E-state index contributed by atoms with van der Waals surface area (Å²) in [5, 5.41) is 12.2. The van der Waals surface area contributed by atoms with Crippen molar-refractivity contribution < 1.29 is 57.3 Å². The van der Waals surface area contributed by atoms with Crippen LogP contribution in [0.4, 0.5) is 0 Å². The van der Waals surface area contributed by atoms with Gasteiger partial charge in [-0.15, -0.1) is 0 Å². The van der Waals surface area contributed by atoms with E-state index in [-0.39, 0.29) is 30.7 Å². The number of fused-ring (bicyclic) bond motifs is 3. The summed E-state index contributed by atoms with van der Waals surface area (Å²) in [5.74, 6) is -2.06. The Morgan fingerprint density at radius 3 is 1.87 bits per heavy atom. The fourth-order valence-electron chi connectivity index (χ4n) is 9.13. The summed E-state index contributed by atoms with van der Waals surface area (Å²) in [7, 11) is 3.12. The molecule has 0 radical (unpaired) electrons. The first-order valence-corrected chi connectivity index (χ1v) is 20.5. The smallest absolute Gasteiger partial charge is 0.333 e. The molecule has 0 spiro atoms. The third-order valence-electron chi connectivity index (χ3n) is 11.9. The van der Waals surface area contributed by atoms with E-state index < -0.39 is 95.9 Å². The van der Waals surface area contributed by atoms with E-state index in [0.29, 0.717) is 17.1 Å². The van der Waals surface area contributed by atoms with E-state index in [1.165, 1.54) is 16.8 Å². The third-order valence-corrected chi connectivity index (χ3v) is 11.9. The molecule has 0 saturated carbocycles. The number of methoxy groups -OCH3 is 2. The zero-order valence-corrected chi connectivity index (χ0v) is 35.1. The molecule has 4 saturated heterocycles. The maximum Gasteiger partial charge on any atom is 0.333 e. The van der Waals surface area contributed by atoms with Gasteiger partial charge in [0.1, 0.15) is 48.1 Å². The van der Waals surface area contributed by atoms with E-state index in [0.717, 1.165) is 15.0 Å². The number of ether oxygens (including phenoxy) is 9. The monoisotopic (exact) mass is 855 g/mol. The molecule has 10 atom stereocenters. The average Bonchev–Trinajstić information content (AvgIpc) is 3.95. The Labute approximate surface area is 356 Å². The summed E-state index contributed by atoms with van der Waals surface area (Å²) in [6.45, 7) is 6.91. The summed E-state index contributed by atoms with van der Waals surface area (Å²) in [6.07, 6.45) is -7.98. The summed E-state index contributed by atoms with van der Waals surface area (Å²) in [4.78, 5) is 56.3. The van der Waals surface area contributed by atoms with Crippen LogP contribution >= 0.6 is 0 Å². The van der Waals surface area contributed by atoms with Gasteiger partial charge in [-0.05, 0) is 75.2 Å². The number of aromatic nitrogens is 2. The average molecular weight is 856 g/mol. The number of carbonyl (C=O) groups excluding carboxylic acids is 2. The Bertz CT molecular complexity index is 2410. The van der Waals surface area contributed by atoms with Crippen molar-refractivity contribution in [2.24, 2.45) is 0 Å². The largest absolute Gasteiger partial charge is 0.497 e. The van der Waals surface area contributed by atoms with Gasteiger partial charge in [-0.3, -0.25) is 28.4 Å². The molecule has 3 aromatic carbocycles. The fraction of sp³-hybridized carbons (Fsp3) is 0.467. The lowest BCUT2D eigenvalue weighted by atomic mass is 9.90. The molecule has 328 valence electrons. The summed E-state index contributed by atoms with van der Waals surface area (Å²) in [6, 6.07) is 21.0. The number of benzene rings is 3. The Morgan fingerprint density at radius 1 is 0.694 bits per heavy atom. The molecule has 0 bridgehead atoms. The summed E-state index contributed by atoms with van der Waals surface area (Å²) < 4.78 is 58.2. The van der Waals surface area contributed by atoms with E-state index in [9.17, 15) is 24.3 Å². The minimum atomic E-state index is -1.32. The lowest BCUT2D eigenvalue weighted by molar-refractivity contribution is -0.266. The van der Waals surface area contributed by atoms with E-state index in [4.69, 9.17) is 42.6 Å². The second-order valence-electron chi connectivity index (χ2n) is 16.9. The lowest BCUT2D eigenvalue weighted by Crippen LogP contribution is -2.64. The van der Waals surface area contributed by atoms with Crippen LogP contribution in [-0.2, 0) is 46.3 Å². The van der Waals surface area contributed by atoms with Gasteiger partial charge in [0.05, 0.1) is 50.7 Å². The molecule has 2 unspecified atom stereocenters. The molecule has 1 aromatic heterocycles. The molecule has 4 aromatic rings. The van der Waals surface area contributed by atoms with Crippen LogP contribution in [0.2, 0.25) is 0 Å². The zero-order valence-electron chi connectivity index (χ0n) is 35.1. The normalized spacial score (nSPS) is 29.9. The molecule has 17 nitrogen and oxygen atoms in total. The lowest BCUT2D eigenvalue weighted by Gasteiger charge is -2.45. The number of imide groups is 1. The Balaban J connectivity index is 1.01. The van der Waals surface area contributed by atoms with Crippen LogP contribution in [0.25, 0.3) is 0 Å². The van der Waals surface area contributed by atoms with Crippen LogP contribution in [0.15, 0.2) is 94.6 Å². The van der Waals surface area contributed by atoms with E-state index in [1.54, 1.807) is 103 Å². The molecule has 1 N–H and O–H groups in total. The van der Waals surface area contributed by atoms with Crippen LogP contribution in [-0.4, -0.2) is 112 Å². The third kappa shape index (κ3) is 7.66. The molecule has 4 fully saturated rings. The van der Waals surface area contributed by atoms with Gasteiger partial charge in [0, 0.05) is 18.7 Å². The predicted octanol–water partition coefficient (Wildman–Crippen LogP) is 3.37. The number of aliphatic hydroxyl groups excluding tert-OH is 1. The van der Waals surface area contributed by atoms with Crippen molar-refractivity contribution >= 4 is 11.8 Å². The minimum Gasteiger partial charge on any atom is -0.497 e. The highest BCUT2D eigenvalue weighted by molar-refractivity contribution is 6.21. The van der Waals surface area contributed by atoms with Crippen LogP contribution in [0.5, 0.6) is 11.5 Å². The molecule has 0 aliphatic carbocycles. The van der Waals surface area contributed by atoms with Crippen molar-refractivity contribution in [3.05, 3.63) is 128 Å². The first-order valence-electron chi connectivity index (χ1n) is 20.5. The summed E-state index contributed by atoms with van der Waals surface area (Å²) >= 11 is 0.